The molecule has 0 unspecified atom stereocenters. The number of hydrogen-bond donors (Lipinski definition) is 2. The Morgan fingerprint density at radius 2 is 1.92 bits per heavy atom. The third-order valence-electron chi connectivity index (χ3n) is 6.28. The molecule has 1 saturated heterocycles. The number of amides is 2. The average molecular weight is 527 g/mol. The summed E-state index contributed by atoms with van der Waals surface area (Å²) in [7, 11) is 0. The number of fused-ring (bicyclic) bond motifs is 1. The van der Waals surface area contributed by atoms with E-state index in [1.807, 2.05) is 0 Å². The van der Waals surface area contributed by atoms with Crippen molar-refractivity contribution >= 4 is 40.4 Å². The van der Waals surface area contributed by atoms with E-state index >= 15 is 0 Å². The quantitative estimate of drug-likeness (QED) is 0.398. The predicted molar refractivity (Wildman–Crippen MR) is 132 cm³/mol. The van der Waals surface area contributed by atoms with Gasteiger partial charge >= 0.3 is 0 Å². The maximum Gasteiger partial charge on any atom is 0.282 e. The number of rotatable bonds is 6. The molecular formula is C24H21ClF2N8O2. The van der Waals surface area contributed by atoms with Crippen molar-refractivity contribution in [2.45, 2.75) is 31.7 Å². The summed E-state index contributed by atoms with van der Waals surface area (Å²) in [4.78, 5) is 32.4. The summed E-state index contributed by atoms with van der Waals surface area (Å²) in [6.45, 7) is 0.750. The van der Waals surface area contributed by atoms with E-state index in [1.54, 1.807) is 37.4 Å². The third-order valence-corrected chi connectivity index (χ3v) is 6.58. The number of nitrogens with zero attached hydrogens (tertiary/aromatic N) is 6. The van der Waals surface area contributed by atoms with Gasteiger partial charge in [0.25, 0.3) is 17.7 Å². The first-order valence-corrected chi connectivity index (χ1v) is 12.0. The molecule has 2 amide bonds. The van der Waals surface area contributed by atoms with Crippen LogP contribution in [0.1, 0.15) is 39.4 Å². The summed E-state index contributed by atoms with van der Waals surface area (Å²) >= 11 is 6.32. The number of carbonyl (C=O) groups is 2. The lowest BCUT2D eigenvalue weighted by atomic mass is 10.1. The van der Waals surface area contributed by atoms with Gasteiger partial charge in [-0.25, -0.2) is 23.0 Å². The first kappa shape index (κ1) is 23.3. The monoisotopic (exact) mass is 526 g/mol. The van der Waals surface area contributed by atoms with Crippen LogP contribution in [-0.2, 0) is 0 Å². The highest BCUT2D eigenvalue weighted by atomic mass is 35.5. The third kappa shape index (κ3) is 4.26. The average Bonchev–Trinajstić information content (AvgIpc) is 3.34. The van der Waals surface area contributed by atoms with E-state index in [-0.39, 0.29) is 45.7 Å². The SMILES string of the molecule is Cc1cc2ccnn2c(C(=O)NC2CC2)c1NC(=O)c1cc(N2CC(F)(F)C2)nn1-c1ncccc1Cl. The van der Waals surface area contributed by atoms with Crippen LogP contribution in [0.5, 0.6) is 0 Å². The number of hydrogen-bond acceptors (Lipinski definition) is 6. The van der Waals surface area contributed by atoms with Crippen molar-refractivity contribution < 1.29 is 18.4 Å². The van der Waals surface area contributed by atoms with Crippen LogP contribution < -0.4 is 15.5 Å². The molecule has 4 aromatic rings. The zero-order chi connectivity index (χ0) is 25.9. The topological polar surface area (TPSA) is 109 Å². The predicted octanol–water partition coefficient (Wildman–Crippen LogP) is 3.48. The number of pyridine rings is 2. The fourth-order valence-corrected chi connectivity index (χ4v) is 4.48. The van der Waals surface area contributed by atoms with Gasteiger partial charge in [0.2, 0.25) is 0 Å². The van der Waals surface area contributed by atoms with Crippen LogP contribution in [0.2, 0.25) is 5.02 Å². The number of halogens is 3. The smallest absolute Gasteiger partial charge is 0.282 e. The number of alkyl halides is 2. The lowest BCUT2D eigenvalue weighted by Crippen LogP contribution is -2.56. The van der Waals surface area contributed by atoms with E-state index in [2.05, 4.69) is 25.8 Å². The fraction of sp³-hybridized carbons (Fsp3) is 0.292. The summed E-state index contributed by atoms with van der Waals surface area (Å²) in [5.74, 6) is -3.46. The van der Waals surface area contributed by atoms with Crippen molar-refractivity contribution in [3.8, 4) is 5.82 Å². The van der Waals surface area contributed by atoms with E-state index in [0.717, 1.165) is 12.8 Å². The highest BCUT2D eigenvalue weighted by Crippen LogP contribution is 2.33. The maximum atomic E-state index is 13.7. The minimum Gasteiger partial charge on any atom is -0.348 e. The molecule has 2 aliphatic rings. The Kier molecular flexibility index (Phi) is 5.37. The van der Waals surface area contributed by atoms with Gasteiger partial charge in [0, 0.05) is 18.3 Å². The summed E-state index contributed by atoms with van der Waals surface area (Å²) in [6, 6.07) is 8.27. The van der Waals surface area contributed by atoms with Crippen molar-refractivity contribution in [1.82, 2.24) is 29.7 Å². The summed E-state index contributed by atoms with van der Waals surface area (Å²) < 4.78 is 29.8. The largest absolute Gasteiger partial charge is 0.348 e. The Balaban J connectivity index is 1.41. The van der Waals surface area contributed by atoms with Crippen LogP contribution in [0.25, 0.3) is 11.3 Å². The normalized spacial score (nSPS) is 16.5. The molecule has 0 aromatic carbocycles. The number of aryl methyl sites for hydroxylation is 1. The van der Waals surface area contributed by atoms with Gasteiger partial charge in [0.15, 0.2) is 17.3 Å². The van der Waals surface area contributed by atoms with Crippen LogP contribution in [0.3, 0.4) is 0 Å². The molecule has 0 spiro atoms. The molecular weight excluding hydrogens is 506 g/mol. The molecule has 5 heterocycles. The van der Waals surface area contributed by atoms with E-state index in [9.17, 15) is 18.4 Å². The second-order valence-electron chi connectivity index (χ2n) is 9.24. The molecule has 13 heteroatoms. The maximum absolute atomic E-state index is 13.7. The van der Waals surface area contributed by atoms with Gasteiger partial charge in [0.1, 0.15) is 5.69 Å². The van der Waals surface area contributed by atoms with Crippen LogP contribution in [0.15, 0.2) is 42.7 Å². The van der Waals surface area contributed by atoms with Crippen LogP contribution in [-0.4, -0.2) is 61.2 Å². The molecule has 1 aliphatic heterocycles. The van der Waals surface area contributed by atoms with Gasteiger partial charge in [-0.1, -0.05) is 11.6 Å². The molecule has 2 fully saturated rings. The van der Waals surface area contributed by atoms with Crippen LogP contribution in [0, 0.1) is 6.92 Å². The van der Waals surface area contributed by atoms with Crippen molar-refractivity contribution in [3.63, 3.8) is 0 Å². The molecule has 1 saturated carbocycles. The van der Waals surface area contributed by atoms with Crippen LogP contribution in [0.4, 0.5) is 20.3 Å². The second kappa shape index (κ2) is 8.51. The Morgan fingerprint density at radius 3 is 2.62 bits per heavy atom. The highest BCUT2D eigenvalue weighted by molar-refractivity contribution is 6.32. The fourth-order valence-electron chi connectivity index (χ4n) is 4.28. The van der Waals surface area contributed by atoms with Crippen molar-refractivity contribution in [2.75, 3.05) is 23.3 Å². The molecule has 2 N–H and O–H groups in total. The highest BCUT2D eigenvalue weighted by Gasteiger charge is 2.45. The Morgan fingerprint density at radius 1 is 1.14 bits per heavy atom. The van der Waals surface area contributed by atoms with Crippen LogP contribution >= 0.6 is 11.6 Å². The van der Waals surface area contributed by atoms with Gasteiger partial charge in [-0.05, 0) is 49.6 Å². The lowest BCUT2D eigenvalue weighted by Gasteiger charge is -2.38. The molecule has 0 bridgehead atoms. The number of anilines is 2. The molecule has 10 nitrogen and oxygen atoms in total. The summed E-state index contributed by atoms with van der Waals surface area (Å²) in [6.07, 6.45) is 4.84. The lowest BCUT2D eigenvalue weighted by molar-refractivity contribution is -0.0267. The van der Waals surface area contributed by atoms with Gasteiger partial charge in [-0.3, -0.25) is 9.59 Å². The molecule has 4 aromatic heterocycles. The van der Waals surface area contributed by atoms with Crippen molar-refractivity contribution in [1.29, 1.82) is 0 Å². The standard InChI is InChI=1S/C24H21ClF2N8O2/c1-13-9-15-6-8-29-34(15)20(23(37)30-14-4-5-14)19(13)31-22(36)17-10-18(33-11-24(26,27)12-33)32-35(17)21-16(25)3-2-7-28-21/h2-3,6-10,14H,4-5,11-12H2,1H3,(H,30,37)(H,31,36). The number of aromatic nitrogens is 5. The molecule has 6 rings (SSSR count). The Bertz CT molecular complexity index is 1550. The van der Waals surface area contributed by atoms with E-state index in [4.69, 9.17) is 11.6 Å². The van der Waals surface area contributed by atoms with E-state index in [0.29, 0.717) is 11.1 Å². The Hall–Kier alpha value is -4.06. The minimum atomic E-state index is -2.82. The summed E-state index contributed by atoms with van der Waals surface area (Å²) in [5.41, 5.74) is 1.81. The number of nitrogens with one attached hydrogen (secondary N) is 2. The molecule has 37 heavy (non-hydrogen) atoms. The van der Waals surface area contributed by atoms with Crippen molar-refractivity contribution in [3.05, 3.63) is 64.7 Å². The molecule has 1 aliphatic carbocycles. The Labute approximate surface area is 214 Å². The van der Waals surface area contributed by atoms with E-state index in [1.165, 1.54) is 26.4 Å². The molecule has 190 valence electrons. The van der Waals surface area contributed by atoms with Crippen molar-refractivity contribution in [2.24, 2.45) is 0 Å². The minimum absolute atomic E-state index is 0.0133. The molecule has 0 atom stereocenters. The molecule has 0 radical (unpaired) electrons. The van der Waals surface area contributed by atoms with Gasteiger partial charge in [-0.2, -0.15) is 5.10 Å². The number of carbonyl (C=O) groups excluding carboxylic acids is 2. The first-order chi connectivity index (χ1) is 17.7. The van der Waals surface area contributed by atoms with E-state index < -0.39 is 24.9 Å². The zero-order valence-corrected chi connectivity index (χ0v) is 20.3. The second-order valence-corrected chi connectivity index (χ2v) is 9.65. The zero-order valence-electron chi connectivity index (χ0n) is 19.6. The van der Waals surface area contributed by atoms with Gasteiger partial charge < -0.3 is 15.5 Å². The van der Waals surface area contributed by atoms with Gasteiger partial charge in [-0.15, -0.1) is 5.10 Å². The first-order valence-electron chi connectivity index (χ1n) is 11.6. The van der Waals surface area contributed by atoms with Gasteiger partial charge in [0.05, 0.1) is 35.5 Å². The summed E-state index contributed by atoms with van der Waals surface area (Å²) in [5, 5.41) is 14.6.